The molecule has 2 aromatic rings. The molecule has 0 fully saturated rings. The van der Waals surface area contributed by atoms with Gasteiger partial charge in [0, 0.05) is 22.7 Å². The average Bonchev–Trinajstić information content (AvgIpc) is 2.41. The van der Waals surface area contributed by atoms with E-state index in [2.05, 4.69) is 10.3 Å². The van der Waals surface area contributed by atoms with Crippen LogP contribution in [0.25, 0.3) is 10.8 Å². The van der Waals surface area contributed by atoms with E-state index in [1.807, 2.05) is 6.92 Å². The Bertz CT molecular complexity index is 715. The van der Waals surface area contributed by atoms with Crippen molar-refractivity contribution >= 4 is 34.2 Å². The molecule has 0 spiro atoms. The lowest BCUT2D eigenvalue weighted by Gasteiger charge is -2.16. The zero-order valence-corrected chi connectivity index (χ0v) is 11.3. The standard InChI is InChI=1S/C14H15N3O4/c1-7-2-3-9(15)8-4-5-16-13(12(7)8)17-10(14(20)21)6-11(18)19/h2-5,10H,6,15H2,1H3,(H,16,17)(H,18,19)(H,20,21). The smallest absolute Gasteiger partial charge is 0.326 e. The Kier molecular flexibility index (Phi) is 3.93. The maximum absolute atomic E-state index is 11.1. The van der Waals surface area contributed by atoms with Gasteiger partial charge in [0.15, 0.2) is 0 Å². The van der Waals surface area contributed by atoms with Crippen LogP contribution < -0.4 is 11.1 Å². The fourth-order valence-electron chi connectivity index (χ4n) is 2.14. The SMILES string of the molecule is Cc1ccc(N)c2ccnc(NC(CC(=O)O)C(=O)O)c12. The monoisotopic (exact) mass is 289 g/mol. The largest absolute Gasteiger partial charge is 0.481 e. The molecule has 1 atom stereocenters. The Morgan fingerprint density at radius 3 is 2.67 bits per heavy atom. The van der Waals surface area contributed by atoms with Crippen molar-refractivity contribution < 1.29 is 19.8 Å². The van der Waals surface area contributed by atoms with E-state index < -0.39 is 24.4 Å². The minimum atomic E-state index is -1.26. The topological polar surface area (TPSA) is 126 Å². The normalized spacial score (nSPS) is 12.0. The summed E-state index contributed by atoms with van der Waals surface area (Å²) in [6.45, 7) is 1.85. The number of carboxylic acid groups (broad SMARTS) is 2. The Morgan fingerprint density at radius 2 is 2.05 bits per heavy atom. The molecule has 0 aliphatic heterocycles. The van der Waals surface area contributed by atoms with Crippen molar-refractivity contribution in [2.75, 3.05) is 11.1 Å². The number of nitrogen functional groups attached to an aromatic ring is 1. The molecule has 7 nitrogen and oxygen atoms in total. The number of rotatable bonds is 5. The number of hydrogen-bond donors (Lipinski definition) is 4. The van der Waals surface area contributed by atoms with Gasteiger partial charge in [0.1, 0.15) is 11.9 Å². The van der Waals surface area contributed by atoms with Crippen molar-refractivity contribution in [3.05, 3.63) is 30.0 Å². The quantitative estimate of drug-likeness (QED) is 0.614. The number of carbonyl (C=O) groups is 2. The summed E-state index contributed by atoms with van der Waals surface area (Å²) in [5.41, 5.74) is 7.32. The first-order valence-electron chi connectivity index (χ1n) is 6.25. The highest BCUT2D eigenvalue weighted by molar-refractivity contribution is 6.02. The van der Waals surface area contributed by atoms with Gasteiger partial charge in [-0.25, -0.2) is 9.78 Å². The van der Waals surface area contributed by atoms with Crippen molar-refractivity contribution in [2.24, 2.45) is 0 Å². The predicted molar refractivity (Wildman–Crippen MR) is 78.2 cm³/mol. The van der Waals surface area contributed by atoms with Crippen LogP contribution in [0.2, 0.25) is 0 Å². The molecule has 1 aromatic heterocycles. The lowest BCUT2D eigenvalue weighted by atomic mass is 10.0. The molecule has 21 heavy (non-hydrogen) atoms. The highest BCUT2D eigenvalue weighted by Gasteiger charge is 2.22. The molecule has 110 valence electrons. The molecule has 7 heteroatoms. The fourth-order valence-corrected chi connectivity index (χ4v) is 2.14. The summed E-state index contributed by atoms with van der Waals surface area (Å²) in [5.74, 6) is -2.14. The molecule has 0 saturated carbocycles. The third-order valence-electron chi connectivity index (χ3n) is 3.16. The molecule has 1 unspecified atom stereocenters. The van der Waals surface area contributed by atoms with Crippen molar-refractivity contribution in [3.8, 4) is 0 Å². The first-order valence-corrected chi connectivity index (χ1v) is 6.25. The molecule has 0 bridgehead atoms. The lowest BCUT2D eigenvalue weighted by Crippen LogP contribution is -2.32. The Labute approximate surface area is 120 Å². The number of anilines is 2. The van der Waals surface area contributed by atoms with Crippen molar-refractivity contribution in [1.29, 1.82) is 0 Å². The molecule has 5 N–H and O–H groups in total. The summed E-state index contributed by atoms with van der Waals surface area (Å²) in [6.07, 6.45) is 0.953. The van der Waals surface area contributed by atoms with E-state index in [0.29, 0.717) is 16.9 Å². The summed E-state index contributed by atoms with van der Waals surface area (Å²) < 4.78 is 0. The molecule has 0 amide bonds. The van der Waals surface area contributed by atoms with Crippen LogP contribution in [0.3, 0.4) is 0 Å². The predicted octanol–water partition coefficient (Wildman–Crippen LogP) is 1.47. The molecule has 1 heterocycles. The van der Waals surface area contributed by atoms with Crippen LogP contribution in [0.5, 0.6) is 0 Å². The Balaban J connectivity index is 2.49. The second-order valence-electron chi connectivity index (χ2n) is 4.69. The number of nitrogens with zero attached hydrogens (tertiary/aromatic N) is 1. The summed E-state index contributed by atoms with van der Waals surface area (Å²) >= 11 is 0. The number of nitrogens with two attached hydrogens (primary N) is 1. The van der Waals surface area contributed by atoms with Crippen LogP contribution in [0, 0.1) is 6.92 Å². The van der Waals surface area contributed by atoms with Crippen LogP contribution in [0.4, 0.5) is 11.5 Å². The maximum atomic E-state index is 11.1. The van der Waals surface area contributed by atoms with Crippen molar-refractivity contribution in [2.45, 2.75) is 19.4 Å². The van der Waals surface area contributed by atoms with E-state index in [0.717, 1.165) is 10.9 Å². The van der Waals surface area contributed by atoms with Gasteiger partial charge in [0.25, 0.3) is 0 Å². The lowest BCUT2D eigenvalue weighted by molar-refractivity contribution is -0.144. The van der Waals surface area contributed by atoms with Crippen LogP contribution >= 0.6 is 0 Å². The van der Waals surface area contributed by atoms with Gasteiger partial charge >= 0.3 is 11.9 Å². The van der Waals surface area contributed by atoms with E-state index in [9.17, 15) is 9.59 Å². The van der Waals surface area contributed by atoms with E-state index in [1.165, 1.54) is 6.20 Å². The molecular formula is C14H15N3O4. The Morgan fingerprint density at radius 1 is 1.33 bits per heavy atom. The van der Waals surface area contributed by atoms with E-state index in [4.69, 9.17) is 15.9 Å². The second-order valence-corrected chi connectivity index (χ2v) is 4.69. The second kappa shape index (κ2) is 5.66. The summed E-state index contributed by atoms with van der Waals surface area (Å²) in [7, 11) is 0. The van der Waals surface area contributed by atoms with Gasteiger partial charge in [-0.2, -0.15) is 0 Å². The minimum Gasteiger partial charge on any atom is -0.481 e. The highest BCUT2D eigenvalue weighted by atomic mass is 16.4. The van der Waals surface area contributed by atoms with Crippen LogP contribution in [-0.2, 0) is 9.59 Å². The minimum absolute atomic E-state index is 0.311. The van der Waals surface area contributed by atoms with Gasteiger partial charge in [-0.05, 0) is 24.6 Å². The average molecular weight is 289 g/mol. The van der Waals surface area contributed by atoms with Crippen molar-refractivity contribution in [1.82, 2.24) is 4.98 Å². The number of hydrogen-bond acceptors (Lipinski definition) is 5. The fraction of sp³-hybridized carbons (Fsp3) is 0.214. The van der Waals surface area contributed by atoms with Gasteiger partial charge in [0.05, 0.1) is 6.42 Å². The zero-order valence-electron chi connectivity index (χ0n) is 11.3. The number of fused-ring (bicyclic) bond motifs is 1. The number of pyridine rings is 1. The maximum Gasteiger partial charge on any atom is 0.326 e. The molecule has 0 saturated heterocycles. The number of nitrogens with one attached hydrogen (secondary N) is 1. The first kappa shape index (κ1) is 14.6. The van der Waals surface area contributed by atoms with Gasteiger partial charge in [-0.15, -0.1) is 0 Å². The number of benzene rings is 1. The summed E-state index contributed by atoms with van der Waals surface area (Å²) in [5, 5.41) is 22.0. The molecule has 2 rings (SSSR count). The van der Waals surface area contributed by atoms with Gasteiger partial charge in [0.2, 0.25) is 0 Å². The molecule has 0 radical (unpaired) electrons. The van der Waals surface area contributed by atoms with Crippen LogP contribution in [0.1, 0.15) is 12.0 Å². The van der Waals surface area contributed by atoms with E-state index >= 15 is 0 Å². The van der Waals surface area contributed by atoms with Gasteiger partial charge < -0.3 is 21.3 Å². The molecule has 1 aromatic carbocycles. The third-order valence-corrected chi connectivity index (χ3v) is 3.16. The van der Waals surface area contributed by atoms with Gasteiger partial charge in [-0.3, -0.25) is 4.79 Å². The van der Waals surface area contributed by atoms with Crippen LogP contribution in [-0.4, -0.2) is 33.2 Å². The Hall–Kier alpha value is -2.83. The molecule has 0 aliphatic rings. The number of aryl methyl sites for hydroxylation is 1. The van der Waals surface area contributed by atoms with E-state index in [1.54, 1.807) is 18.2 Å². The van der Waals surface area contributed by atoms with Crippen molar-refractivity contribution in [3.63, 3.8) is 0 Å². The summed E-state index contributed by atoms with van der Waals surface area (Å²) in [4.78, 5) is 26.0. The molecular weight excluding hydrogens is 274 g/mol. The summed E-state index contributed by atoms with van der Waals surface area (Å²) in [6, 6.07) is 4.03. The first-order chi connectivity index (χ1) is 9.90. The number of aliphatic carboxylic acids is 2. The third kappa shape index (κ3) is 3.02. The van der Waals surface area contributed by atoms with Gasteiger partial charge in [-0.1, -0.05) is 6.07 Å². The number of aromatic nitrogens is 1. The zero-order chi connectivity index (χ0) is 15.6. The van der Waals surface area contributed by atoms with E-state index in [-0.39, 0.29) is 0 Å². The van der Waals surface area contributed by atoms with Crippen LogP contribution in [0.15, 0.2) is 24.4 Å². The highest BCUT2D eigenvalue weighted by Crippen LogP contribution is 2.29. The number of carboxylic acids is 2. The molecule has 0 aliphatic carbocycles.